The number of carbonyl (C=O) groups excluding carboxylic acids is 1. The van der Waals surface area contributed by atoms with Crippen LogP contribution in [0.25, 0.3) is 0 Å². The smallest absolute Gasteiger partial charge is 0.225 e. The average Bonchev–Trinajstić information content (AvgIpc) is 2.19. The van der Waals surface area contributed by atoms with Crippen molar-refractivity contribution in [3.8, 4) is 0 Å². The Balaban J connectivity index is 2.66. The molecule has 14 heavy (non-hydrogen) atoms. The number of allylic oxidation sites excluding steroid dienone is 1. The van der Waals surface area contributed by atoms with E-state index in [9.17, 15) is 4.79 Å². The van der Waals surface area contributed by atoms with Crippen LogP contribution in [0.3, 0.4) is 0 Å². The van der Waals surface area contributed by atoms with Gasteiger partial charge in [0.2, 0.25) is 5.78 Å². The lowest BCUT2D eigenvalue weighted by molar-refractivity contribution is -0.131. The summed E-state index contributed by atoms with van der Waals surface area (Å²) in [7, 11) is 1.56. The van der Waals surface area contributed by atoms with Crippen LogP contribution < -0.4 is 0 Å². The first kappa shape index (κ1) is 11.2. The van der Waals surface area contributed by atoms with Gasteiger partial charge < -0.3 is 9.47 Å². The molecule has 3 heteroatoms. The molecule has 1 aliphatic heterocycles. The van der Waals surface area contributed by atoms with Crippen LogP contribution in [0.1, 0.15) is 26.7 Å². The van der Waals surface area contributed by atoms with Crippen molar-refractivity contribution in [2.45, 2.75) is 32.8 Å². The van der Waals surface area contributed by atoms with E-state index in [1.807, 2.05) is 19.9 Å². The molecule has 1 aliphatic rings. The predicted molar refractivity (Wildman–Crippen MR) is 53.9 cm³/mol. The summed E-state index contributed by atoms with van der Waals surface area (Å²) in [6.45, 7) is 4.58. The second-order valence-corrected chi connectivity index (χ2v) is 3.82. The first-order valence-corrected chi connectivity index (χ1v) is 5.06. The normalized spacial score (nSPS) is 18.7. The van der Waals surface area contributed by atoms with Gasteiger partial charge in [-0.3, -0.25) is 4.79 Å². The molecule has 0 saturated carbocycles. The summed E-state index contributed by atoms with van der Waals surface area (Å²) in [5.41, 5.74) is 0. The third kappa shape index (κ3) is 2.58. The van der Waals surface area contributed by atoms with Crippen molar-refractivity contribution >= 4 is 5.78 Å². The molecule has 0 N–H and O–H groups in total. The van der Waals surface area contributed by atoms with Crippen LogP contribution in [0.5, 0.6) is 0 Å². The van der Waals surface area contributed by atoms with Gasteiger partial charge >= 0.3 is 0 Å². The molecular formula is C11H18O3. The van der Waals surface area contributed by atoms with Gasteiger partial charge in [-0.2, -0.15) is 0 Å². The summed E-state index contributed by atoms with van der Waals surface area (Å²) in [5, 5.41) is 0. The summed E-state index contributed by atoms with van der Waals surface area (Å²) >= 11 is 0. The Bertz CT molecular complexity index is 231. The highest BCUT2D eigenvalue weighted by atomic mass is 16.5. The predicted octanol–water partition coefficient (Wildman–Crippen LogP) is 1.92. The van der Waals surface area contributed by atoms with E-state index >= 15 is 0 Å². The number of ether oxygens (including phenoxy) is 2. The van der Waals surface area contributed by atoms with Crippen LogP contribution >= 0.6 is 0 Å². The van der Waals surface area contributed by atoms with Crippen molar-refractivity contribution in [3.63, 3.8) is 0 Å². The van der Waals surface area contributed by atoms with Crippen molar-refractivity contribution in [3.05, 3.63) is 11.8 Å². The van der Waals surface area contributed by atoms with Crippen LogP contribution in [0.4, 0.5) is 0 Å². The molecule has 0 spiro atoms. The van der Waals surface area contributed by atoms with Crippen LogP contribution in [-0.4, -0.2) is 25.6 Å². The highest BCUT2D eigenvalue weighted by molar-refractivity contribution is 5.97. The highest BCUT2D eigenvalue weighted by Crippen LogP contribution is 2.17. The van der Waals surface area contributed by atoms with E-state index in [0.29, 0.717) is 12.4 Å². The van der Waals surface area contributed by atoms with E-state index in [-0.39, 0.29) is 17.8 Å². The molecule has 0 aromatic heterocycles. The molecule has 0 bridgehead atoms. The SMILES string of the molecule is COC(C(=O)C1=CCCCO1)C(C)C. The maximum atomic E-state index is 11.9. The summed E-state index contributed by atoms with van der Waals surface area (Å²) in [4.78, 5) is 11.9. The van der Waals surface area contributed by atoms with Gasteiger partial charge in [-0.05, 0) is 24.8 Å². The van der Waals surface area contributed by atoms with E-state index in [0.717, 1.165) is 12.8 Å². The molecule has 0 radical (unpaired) electrons. The largest absolute Gasteiger partial charge is 0.490 e. The quantitative estimate of drug-likeness (QED) is 0.692. The number of rotatable bonds is 4. The summed E-state index contributed by atoms with van der Waals surface area (Å²) in [6, 6.07) is 0. The minimum Gasteiger partial charge on any atom is -0.490 e. The number of ketones is 1. The number of methoxy groups -OCH3 is 1. The zero-order valence-electron chi connectivity index (χ0n) is 9.08. The molecule has 0 aromatic carbocycles. The number of hydrogen-bond donors (Lipinski definition) is 0. The lowest BCUT2D eigenvalue weighted by atomic mass is 10.0. The molecule has 1 rings (SSSR count). The van der Waals surface area contributed by atoms with Gasteiger partial charge in [-0.15, -0.1) is 0 Å². The van der Waals surface area contributed by atoms with E-state index in [1.165, 1.54) is 0 Å². The third-order valence-electron chi connectivity index (χ3n) is 2.30. The molecule has 3 nitrogen and oxygen atoms in total. The fourth-order valence-electron chi connectivity index (χ4n) is 1.55. The Hall–Kier alpha value is -0.830. The van der Waals surface area contributed by atoms with E-state index in [1.54, 1.807) is 7.11 Å². The Morgan fingerprint density at radius 2 is 2.29 bits per heavy atom. The lowest BCUT2D eigenvalue weighted by Gasteiger charge is -2.21. The lowest BCUT2D eigenvalue weighted by Crippen LogP contribution is -2.31. The molecule has 0 aromatic rings. The monoisotopic (exact) mass is 198 g/mol. The fraction of sp³-hybridized carbons (Fsp3) is 0.727. The molecule has 1 heterocycles. The third-order valence-corrected chi connectivity index (χ3v) is 2.30. The van der Waals surface area contributed by atoms with Crippen LogP contribution in [0, 0.1) is 5.92 Å². The Morgan fingerprint density at radius 1 is 1.57 bits per heavy atom. The maximum absolute atomic E-state index is 11.9. The fourth-order valence-corrected chi connectivity index (χ4v) is 1.55. The first-order chi connectivity index (χ1) is 6.66. The second-order valence-electron chi connectivity index (χ2n) is 3.82. The minimum absolute atomic E-state index is 0.0257. The van der Waals surface area contributed by atoms with Gasteiger partial charge in [0.1, 0.15) is 6.10 Å². The molecule has 0 amide bonds. The minimum atomic E-state index is -0.376. The Morgan fingerprint density at radius 3 is 2.71 bits per heavy atom. The highest BCUT2D eigenvalue weighted by Gasteiger charge is 2.26. The van der Waals surface area contributed by atoms with Gasteiger partial charge in [-0.1, -0.05) is 13.8 Å². The molecule has 0 aliphatic carbocycles. The molecule has 1 atom stereocenters. The van der Waals surface area contributed by atoms with Crippen molar-refractivity contribution < 1.29 is 14.3 Å². The second kappa shape index (κ2) is 5.15. The van der Waals surface area contributed by atoms with Crippen molar-refractivity contribution in [2.24, 2.45) is 5.92 Å². The number of Topliss-reactive ketones (excluding diaryl/α,β-unsaturated/α-hetero) is 1. The maximum Gasteiger partial charge on any atom is 0.225 e. The Labute approximate surface area is 85.1 Å². The van der Waals surface area contributed by atoms with Crippen molar-refractivity contribution in [1.82, 2.24) is 0 Å². The van der Waals surface area contributed by atoms with Crippen LogP contribution in [0.15, 0.2) is 11.8 Å². The molecule has 0 fully saturated rings. The van der Waals surface area contributed by atoms with Crippen LogP contribution in [0.2, 0.25) is 0 Å². The van der Waals surface area contributed by atoms with Gasteiger partial charge in [0.15, 0.2) is 5.76 Å². The Kier molecular flexibility index (Phi) is 4.14. The van der Waals surface area contributed by atoms with Crippen molar-refractivity contribution in [1.29, 1.82) is 0 Å². The molecule has 1 unspecified atom stereocenters. The van der Waals surface area contributed by atoms with E-state index in [2.05, 4.69) is 0 Å². The zero-order valence-corrected chi connectivity index (χ0v) is 9.08. The van der Waals surface area contributed by atoms with Gasteiger partial charge in [0.05, 0.1) is 6.61 Å². The number of carbonyl (C=O) groups is 1. The zero-order chi connectivity index (χ0) is 10.6. The standard InChI is InChI=1S/C11H18O3/c1-8(2)11(13-3)10(12)9-6-4-5-7-14-9/h6,8,11H,4-5,7H2,1-3H3. The topological polar surface area (TPSA) is 35.5 Å². The average molecular weight is 198 g/mol. The van der Waals surface area contributed by atoms with Gasteiger partial charge in [-0.25, -0.2) is 0 Å². The first-order valence-electron chi connectivity index (χ1n) is 5.06. The van der Waals surface area contributed by atoms with Gasteiger partial charge in [0, 0.05) is 7.11 Å². The summed E-state index contributed by atoms with van der Waals surface area (Å²) in [5.74, 6) is 0.637. The van der Waals surface area contributed by atoms with E-state index < -0.39 is 0 Å². The van der Waals surface area contributed by atoms with E-state index in [4.69, 9.17) is 9.47 Å². The van der Waals surface area contributed by atoms with Crippen molar-refractivity contribution in [2.75, 3.05) is 13.7 Å². The number of hydrogen-bond acceptors (Lipinski definition) is 3. The summed E-state index contributed by atoms with van der Waals surface area (Å²) < 4.78 is 10.5. The molecule has 80 valence electrons. The summed E-state index contributed by atoms with van der Waals surface area (Å²) in [6.07, 6.45) is 3.41. The van der Waals surface area contributed by atoms with Crippen LogP contribution in [-0.2, 0) is 14.3 Å². The molecule has 0 saturated heterocycles. The van der Waals surface area contributed by atoms with Gasteiger partial charge in [0.25, 0.3) is 0 Å². The molecular weight excluding hydrogens is 180 g/mol.